The summed E-state index contributed by atoms with van der Waals surface area (Å²) in [6, 6.07) is 0. The molecule has 0 amide bonds. The molecule has 0 saturated heterocycles. The molecular formula is C13H13ClF5NO4. The van der Waals surface area contributed by atoms with Crippen molar-refractivity contribution in [3.05, 3.63) is 17.0 Å². The van der Waals surface area contributed by atoms with Crippen LogP contribution in [-0.2, 0) is 16.3 Å². The van der Waals surface area contributed by atoms with Gasteiger partial charge in [0.1, 0.15) is 5.56 Å². The Morgan fingerprint density at radius 1 is 1.08 bits per heavy atom. The molecule has 0 aliphatic carbocycles. The molecule has 0 atom stereocenters. The highest BCUT2D eigenvalue weighted by atomic mass is 35.5. The molecule has 0 unspecified atom stereocenters. The van der Waals surface area contributed by atoms with E-state index >= 15 is 0 Å². The van der Waals surface area contributed by atoms with Crippen LogP contribution in [0.1, 0.15) is 35.6 Å². The molecule has 1 aromatic rings. The lowest BCUT2D eigenvalue weighted by Gasteiger charge is -2.23. The second-order valence-electron chi connectivity index (χ2n) is 4.70. The van der Waals surface area contributed by atoms with E-state index in [1.165, 1.54) is 13.8 Å². The summed E-state index contributed by atoms with van der Waals surface area (Å²) in [6.45, 7) is 2.82. The molecular weight excluding hydrogens is 365 g/mol. The number of esters is 1. The normalized spacial score (nSPS) is 12.3. The number of carbonyl (C=O) groups excluding carboxylic acids is 1. The Morgan fingerprint density at radius 2 is 1.62 bits per heavy atom. The van der Waals surface area contributed by atoms with E-state index in [4.69, 9.17) is 16.3 Å². The molecule has 1 rings (SSSR count). The molecule has 0 aromatic carbocycles. The van der Waals surface area contributed by atoms with E-state index in [0.717, 1.165) is 14.2 Å². The molecule has 0 aliphatic rings. The summed E-state index contributed by atoms with van der Waals surface area (Å²) in [6.07, 6.45) is -6.02. The summed E-state index contributed by atoms with van der Waals surface area (Å²) >= 11 is 4.82. The summed E-state index contributed by atoms with van der Waals surface area (Å²) in [5, 5.41) is -4.30. The number of halogens is 6. The van der Waals surface area contributed by atoms with Crippen LogP contribution in [0.5, 0.6) is 11.5 Å². The number of rotatable bonds is 5. The molecule has 0 N–H and O–H groups in total. The third kappa shape index (κ3) is 4.16. The van der Waals surface area contributed by atoms with E-state index in [1.54, 1.807) is 0 Å². The predicted molar refractivity (Wildman–Crippen MR) is 72.6 cm³/mol. The fraction of sp³-hybridized carbons (Fsp3) is 0.538. The number of alkyl halides is 6. The highest BCUT2D eigenvalue weighted by Crippen LogP contribution is 2.47. The van der Waals surface area contributed by atoms with Crippen LogP contribution in [0.25, 0.3) is 0 Å². The molecule has 0 aliphatic heterocycles. The van der Waals surface area contributed by atoms with Gasteiger partial charge in [-0.1, -0.05) is 0 Å². The first-order valence-corrected chi connectivity index (χ1v) is 6.73. The Kier molecular flexibility index (Phi) is 5.86. The minimum atomic E-state index is -5.25. The maximum absolute atomic E-state index is 13.5. The predicted octanol–water partition coefficient (Wildman–Crippen LogP) is 3.97. The molecule has 24 heavy (non-hydrogen) atoms. The standard InChI is InChI=1S/C13H13ClF5NO4/c1-5(2)24-7-6(11(21)23-4)9(13(17,18)19)20-10(8(7)22-3)12(14,15)16/h5H,1-4H3. The van der Waals surface area contributed by atoms with Crippen LogP contribution in [-0.4, -0.2) is 31.3 Å². The van der Waals surface area contributed by atoms with Crippen LogP contribution >= 0.6 is 11.6 Å². The number of ether oxygens (including phenoxy) is 3. The second-order valence-corrected chi connectivity index (χ2v) is 5.17. The Bertz CT molecular complexity index is 628. The molecule has 0 radical (unpaired) electrons. The average molecular weight is 378 g/mol. The topological polar surface area (TPSA) is 57.7 Å². The number of methoxy groups -OCH3 is 2. The van der Waals surface area contributed by atoms with Crippen molar-refractivity contribution in [3.8, 4) is 11.5 Å². The number of hydrogen-bond acceptors (Lipinski definition) is 5. The SMILES string of the molecule is COC(=O)c1c(C(F)(F)F)nc(C(F)(F)Cl)c(OC)c1OC(C)C. The van der Waals surface area contributed by atoms with Gasteiger partial charge < -0.3 is 14.2 Å². The van der Waals surface area contributed by atoms with Gasteiger partial charge in [-0.15, -0.1) is 0 Å². The van der Waals surface area contributed by atoms with Crippen molar-refractivity contribution in [2.45, 2.75) is 31.5 Å². The van der Waals surface area contributed by atoms with Crippen molar-refractivity contribution in [1.82, 2.24) is 4.98 Å². The van der Waals surface area contributed by atoms with E-state index in [9.17, 15) is 26.7 Å². The molecule has 1 aromatic heterocycles. The Hall–Kier alpha value is -1.84. The average Bonchev–Trinajstić information content (AvgIpc) is 2.42. The first kappa shape index (κ1) is 20.2. The number of carbonyl (C=O) groups is 1. The lowest BCUT2D eigenvalue weighted by molar-refractivity contribution is -0.142. The third-order valence-electron chi connectivity index (χ3n) is 2.59. The second kappa shape index (κ2) is 6.96. The van der Waals surface area contributed by atoms with Crippen molar-refractivity contribution >= 4 is 17.6 Å². The minimum absolute atomic E-state index is 0.775. The van der Waals surface area contributed by atoms with E-state index in [1.807, 2.05) is 0 Å². The van der Waals surface area contributed by atoms with Crippen LogP contribution in [0, 0.1) is 0 Å². The zero-order valence-electron chi connectivity index (χ0n) is 12.9. The number of pyridine rings is 1. The summed E-state index contributed by atoms with van der Waals surface area (Å²) in [5.74, 6) is -3.25. The summed E-state index contributed by atoms with van der Waals surface area (Å²) in [4.78, 5) is 14.6. The lowest BCUT2D eigenvalue weighted by Crippen LogP contribution is -2.24. The fourth-order valence-corrected chi connectivity index (χ4v) is 1.90. The van der Waals surface area contributed by atoms with E-state index in [2.05, 4.69) is 14.5 Å². The van der Waals surface area contributed by atoms with Gasteiger partial charge in [0.15, 0.2) is 22.9 Å². The summed E-state index contributed by atoms with van der Waals surface area (Å²) < 4.78 is 80.7. The van der Waals surface area contributed by atoms with Crippen molar-refractivity contribution in [2.24, 2.45) is 0 Å². The van der Waals surface area contributed by atoms with Gasteiger partial charge >= 0.3 is 17.5 Å². The zero-order valence-corrected chi connectivity index (χ0v) is 13.7. The van der Waals surface area contributed by atoms with Gasteiger partial charge in [-0.2, -0.15) is 22.0 Å². The van der Waals surface area contributed by atoms with Crippen LogP contribution in [0.2, 0.25) is 0 Å². The number of aromatic nitrogens is 1. The molecule has 0 bridgehead atoms. The monoisotopic (exact) mass is 377 g/mol. The Balaban J connectivity index is 3.99. The van der Waals surface area contributed by atoms with E-state index in [-0.39, 0.29) is 0 Å². The van der Waals surface area contributed by atoms with Gasteiger partial charge in [0.2, 0.25) is 0 Å². The van der Waals surface area contributed by atoms with Crippen LogP contribution in [0.4, 0.5) is 22.0 Å². The van der Waals surface area contributed by atoms with Crippen LogP contribution in [0.3, 0.4) is 0 Å². The minimum Gasteiger partial charge on any atom is -0.491 e. The molecule has 0 saturated carbocycles. The first-order chi connectivity index (χ1) is 10.8. The molecule has 1 heterocycles. The summed E-state index contributed by atoms with van der Waals surface area (Å²) in [5.41, 5.74) is -4.62. The molecule has 136 valence electrons. The van der Waals surface area contributed by atoms with Crippen molar-refractivity contribution < 1.29 is 41.0 Å². The quantitative estimate of drug-likeness (QED) is 0.441. The molecule has 5 nitrogen and oxygen atoms in total. The highest BCUT2D eigenvalue weighted by Gasteiger charge is 2.46. The molecule has 0 fully saturated rings. The van der Waals surface area contributed by atoms with Gasteiger partial charge in [0.25, 0.3) is 0 Å². The van der Waals surface area contributed by atoms with Crippen molar-refractivity contribution in [3.63, 3.8) is 0 Å². The molecule has 0 spiro atoms. The van der Waals surface area contributed by atoms with Gasteiger partial charge in [-0.3, -0.25) is 0 Å². The zero-order chi connectivity index (χ0) is 18.9. The maximum atomic E-state index is 13.5. The van der Waals surface area contributed by atoms with Crippen LogP contribution < -0.4 is 9.47 Å². The number of hydrogen-bond donors (Lipinski definition) is 0. The maximum Gasteiger partial charge on any atom is 0.434 e. The molecule has 11 heteroatoms. The van der Waals surface area contributed by atoms with Gasteiger partial charge in [0.05, 0.1) is 20.3 Å². The van der Waals surface area contributed by atoms with Crippen molar-refractivity contribution in [2.75, 3.05) is 14.2 Å². The van der Waals surface area contributed by atoms with E-state index < -0.39 is 52.1 Å². The number of nitrogens with zero attached hydrogens (tertiary/aromatic N) is 1. The summed E-state index contributed by atoms with van der Waals surface area (Å²) in [7, 11) is 1.71. The van der Waals surface area contributed by atoms with Crippen LogP contribution in [0.15, 0.2) is 0 Å². The smallest absolute Gasteiger partial charge is 0.434 e. The Labute approximate surface area is 138 Å². The van der Waals surface area contributed by atoms with E-state index in [0.29, 0.717) is 0 Å². The largest absolute Gasteiger partial charge is 0.491 e. The van der Waals surface area contributed by atoms with Crippen molar-refractivity contribution in [1.29, 1.82) is 0 Å². The first-order valence-electron chi connectivity index (χ1n) is 6.35. The Morgan fingerprint density at radius 3 is 1.96 bits per heavy atom. The van der Waals surface area contributed by atoms with Gasteiger partial charge in [-0.25, -0.2) is 9.78 Å². The third-order valence-corrected chi connectivity index (χ3v) is 2.77. The van der Waals surface area contributed by atoms with Gasteiger partial charge in [0, 0.05) is 0 Å². The fourth-order valence-electron chi connectivity index (χ4n) is 1.77. The van der Waals surface area contributed by atoms with Gasteiger partial charge in [-0.05, 0) is 25.4 Å². The highest BCUT2D eigenvalue weighted by molar-refractivity contribution is 6.22. The lowest BCUT2D eigenvalue weighted by atomic mass is 10.1.